The van der Waals surface area contributed by atoms with E-state index in [1.165, 1.54) is 11.3 Å². The molecule has 0 N–H and O–H groups in total. The quantitative estimate of drug-likeness (QED) is 0.658. The van der Waals surface area contributed by atoms with Crippen LogP contribution in [0.4, 0.5) is 5.69 Å². The summed E-state index contributed by atoms with van der Waals surface area (Å²) < 4.78 is 2.74. The minimum Gasteiger partial charge on any atom is -0.378 e. The van der Waals surface area contributed by atoms with Crippen molar-refractivity contribution in [1.29, 1.82) is 0 Å². The van der Waals surface area contributed by atoms with E-state index in [0.717, 1.165) is 15.9 Å². The molecular formula is C19H16ClN3OS. The number of rotatable bonds is 3. The Labute approximate surface area is 155 Å². The van der Waals surface area contributed by atoms with Gasteiger partial charge in [-0.1, -0.05) is 34.9 Å². The van der Waals surface area contributed by atoms with Gasteiger partial charge in [0.05, 0.1) is 21.8 Å². The van der Waals surface area contributed by atoms with Crippen molar-refractivity contribution >= 4 is 44.7 Å². The highest BCUT2D eigenvalue weighted by Crippen LogP contribution is 2.25. The molecule has 0 spiro atoms. The smallest absolute Gasteiger partial charge is 0.279 e. The number of halogens is 1. The molecule has 0 saturated heterocycles. The molecule has 0 bridgehead atoms. The third-order valence-electron chi connectivity index (χ3n) is 3.73. The average Bonchev–Trinajstić information content (AvgIpc) is 2.94. The zero-order valence-electron chi connectivity index (χ0n) is 13.9. The van der Waals surface area contributed by atoms with Crippen molar-refractivity contribution in [2.75, 3.05) is 19.0 Å². The number of amides is 1. The number of fused-ring (bicyclic) bond motifs is 1. The van der Waals surface area contributed by atoms with Crippen LogP contribution in [0.5, 0.6) is 0 Å². The van der Waals surface area contributed by atoms with Crippen LogP contribution in [0.3, 0.4) is 0 Å². The van der Waals surface area contributed by atoms with E-state index in [1.54, 1.807) is 22.8 Å². The van der Waals surface area contributed by atoms with Gasteiger partial charge in [0.15, 0.2) is 4.80 Å². The normalized spacial score (nSPS) is 11.5. The Morgan fingerprint density at radius 3 is 2.64 bits per heavy atom. The summed E-state index contributed by atoms with van der Waals surface area (Å²) in [4.78, 5) is 19.3. The number of hydrogen-bond acceptors (Lipinski definition) is 3. The van der Waals surface area contributed by atoms with Gasteiger partial charge < -0.3 is 9.47 Å². The first-order valence-electron chi connectivity index (χ1n) is 7.59. The third-order valence-corrected chi connectivity index (χ3v) is 5.08. The maximum absolute atomic E-state index is 12.5. The van der Waals surface area contributed by atoms with Crippen LogP contribution in [-0.2, 0) is 6.54 Å². The van der Waals surface area contributed by atoms with Crippen LogP contribution in [0.2, 0.25) is 5.02 Å². The van der Waals surface area contributed by atoms with Crippen molar-refractivity contribution in [2.24, 2.45) is 4.99 Å². The fourth-order valence-corrected chi connectivity index (χ4v) is 3.85. The van der Waals surface area contributed by atoms with Crippen LogP contribution in [-0.4, -0.2) is 24.6 Å². The monoisotopic (exact) mass is 369 g/mol. The van der Waals surface area contributed by atoms with E-state index in [4.69, 9.17) is 18.0 Å². The Morgan fingerprint density at radius 2 is 2.00 bits per heavy atom. The van der Waals surface area contributed by atoms with E-state index in [0.29, 0.717) is 21.9 Å². The molecule has 0 radical (unpaired) electrons. The van der Waals surface area contributed by atoms with Gasteiger partial charge in [0, 0.05) is 25.3 Å². The summed E-state index contributed by atoms with van der Waals surface area (Å²) in [6.07, 6.45) is 5.48. The summed E-state index contributed by atoms with van der Waals surface area (Å²) in [5.74, 6) is 2.29. The second kappa shape index (κ2) is 7.14. The van der Waals surface area contributed by atoms with Crippen molar-refractivity contribution in [2.45, 2.75) is 6.54 Å². The molecule has 0 saturated carbocycles. The maximum atomic E-state index is 12.5. The second-order valence-corrected chi connectivity index (χ2v) is 7.04. The van der Waals surface area contributed by atoms with Gasteiger partial charge in [0.1, 0.15) is 0 Å². The molecule has 4 nitrogen and oxygen atoms in total. The van der Waals surface area contributed by atoms with Crippen LogP contribution < -0.4 is 9.70 Å². The molecule has 2 aromatic carbocycles. The molecule has 25 heavy (non-hydrogen) atoms. The number of terminal acetylenes is 1. The summed E-state index contributed by atoms with van der Waals surface area (Å²) in [7, 11) is 3.90. The van der Waals surface area contributed by atoms with Gasteiger partial charge in [-0.15, -0.1) is 6.42 Å². The van der Waals surface area contributed by atoms with Gasteiger partial charge in [-0.25, -0.2) is 0 Å². The van der Waals surface area contributed by atoms with Gasteiger partial charge in [0.25, 0.3) is 5.91 Å². The first-order valence-corrected chi connectivity index (χ1v) is 8.78. The SMILES string of the molecule is C#CCn1c(=NC(=O)c2ccc(N(C)C)cc2)sc2cccc(Cl)c21. The zero-order valence-corrected chi connectivity index (χ0v) is 15.4. The van der Waals surface area contributed by atoms with E-state index >= 15 is 0 Å². The van der Waals surface area contributed by atoms with Gasteiger partial charge in [-0.3, -0.25) is 4.79 Å². The van der Waals surface area contributed by atoms with Crippen LogP contribution >= 0.6 is 22.9 Å². The molecule has 1 amide bonds. The number of aromatic nitrogens is 1. The zero-order chi connectivity index (χ0) is 18.0. The van der Waals surface area contributed by atoms with Gasteiger partial charge in [-0.05, 0) is 36.4 Å². The predicted octanol–water partition coefficient (Wildman–Crippen LogP) is 3.80. The number of para-hydroxylation sites is 1. The Kier molecular flexibility index (Phi) is 4.93. The summed E-state index contributed by atoms with van der Waals surface area (Å²) in [5.41, 5.74) is 2.36. The molecule has 0 aliphatic carbocycles. The van der Waals surface area contributed by atoms with Gasteiger partial charge in [0.2, 0.25) is 0 Å². The number of carbonyl (C=O) groups is 1. The summed E-state index contributed by atoms with van der Waals surface area (Å²) in [5, 5.41) is 0.591. The fraction of sp³-hybridized carbons (Fsp3) is 0.158. The second-order valence-electron chi connectivity index (χ2n) is 5.62. The van der Waals surface area contributed by atoms with E-state index in [2.05, 4.69) is 10.9 Å². The molecule has 126 valence electrons. The molecule has 6 heteroatoms. The van der Waals surface area contributed by atoms with Gasteiger partial charge in [-0.2, -0.15) is 4.99 Å². The van der Waals surface area contributed by atoms with Crippen molar-refractivity contribution in [3.05, 3.63) is 57.9 Å². The molecule has 3 aromatic rings. The van der Waals surface area contributed by atoms with Crippen molar-refractivity contribution in [3.8, 4) is 12.3 Å². The van der Waals surface area contributed by atoms with Crippen LogP contribution in [0.1, 0.15) is 10.4 Å². The predicted molar refractivity (Wildman–Crippen MR) is 104 cm³/mol. The Morgan fingerprint density at radius 1 is 1.28 bits per heavy atom. The van der Waals surface area contributed by atoms with E-state index in [1.807, 2.05) is 43.3 Å². The van der Waals surface area contributed by atoms with Crippen LogP contribution in [0, 0.1) is 12.3 Å². The molecular weight excluding hydrogens is 354 g/mol. The molecule has 1 aromatic heterocycles. The maximum Gasteiger partial charge on any atom is 0.279 e. The minimum atomic E-state index is -0.307. The number of hydrogen-bond donors (Lipinski definition) is 0. The number of anilines is 1. The average molecular weight is 370 g/mol. The number of nitrogens with zero attached hydrogens (tertiary/aromatic N) is 3. The summed E-state index contributed by atoms with van der Waals surface area (Å²) >= 11 is 7.69. The minimum absolute atomic E-state index is 0.301. The summed E-state index contributed by atoms with van der Waals surface area (Å²) in [6.45, 7) is 0.301. The Balaban J connectivity index is 2.08. The third kappa shape index (κ3) is 3.46. The first-order chi connectivity index (χ1) is 12.0. The lowest BCUT2D eigenvalue weighted by Gasteiger charge is -2.11. The van der Waals surface area contributed by atoms with Crippen molar-refractivity contribution in [3.63, 3.8) is 0 Å². The Hall–Kier alpha value is -2.55. The van der Waals surface area contributed by atoms with Crippen LogP contribution in [0.15, 0.2) is 47.5 Å². The number of benzene rings is 2. The molecule has 0 atom stereocenters. The molecule has 0 aliphatic heterocycles. The first kappa shape index (κ1) is 17.3. The topological polar surface area (TPSA) is 37.6 Å². The van der Waals surface area contributed by atoms with Crippen LogP contribution in [0.25, 0.3) is 10.2 Å². The molecule has 3 rings (SSSR count). The standard InChI is InChI=1S/C19H16ClN3OS/c1-4-12-23-17-15(20)6-5-7-16(17)25-19(23)21-18(24)13-8-10-14(11-9-13)22(2)3/h1,5-11H,12H2,2-3H3. The highest BCUT2D eigenvalue weighted by molar-refractivity contribution is 7.16. The summed E-state index contributed by atoms with van der Waals surface area (Å²) in [6, 6.07) is 12.9. The molecule has 0 fully saturated rings. The van der Waals surface area contributed by atoms with E-state index in [-0.39, 0.29) is 5.91 Å². The number of thiazole rings is 1. The lowest BCUT2D eigenvalue weighted by molar-refractivity contribution is 0.0998. The van der Waals surface area contributed by atoms with Gasteiger partial charge >= 0.3 is 0 Å². The lowest BCUT2D eigenvalue weighted by Crippen LogP contribution is -2.16. The largest absolute Gasteiger partial charge is 0.378 e. The molecule has 0 unspecified atom stereocenters. The van der Waals surface area contributed by atoms with Crippen molar-refractivity contribution in [1.82, 2.24) is 4.57 Å². The highest BCUT2D eigenvalue weighted by atomic mass is 35.5. The molecule has 0 aliphatic rings. The highest BCUT2D eigenvalue weighted by Gasteiger charge is 2.11. The van der Waals surface area contributed by atoms with E-state index < -0.39 is 0 Å². The fourth-order valence-electron chi connectivity index (χ4n) is 2.46. The van der Waals surface area contributed by atoms with Crippen molar-refractivity contribution < 1.29 is 4.79 Å². The lowest BCUT2D eigenvalue weighted by atomic mass is 10.2. The Bertz CT molecular complexity index is 1040. The van der Waals surface area contributed by atoms with E-state index in [9.17, 15) is 4.79 Å². The molecule has 1 heterocycles. The number of carbonyl (C=O) groups excluding carboxylic acids is 1.